The van der Waals surface area contributed by atoms with Gasteiger partial charge in [-0.05, 0) is 50.9 Å². The summed E-state index contributed by atoms with van der Waals surface area (Å²) in [6.07, 6.45) is 2.38. The Morgan fingerprint density at radius 2 is 1.95 bits per heavy atom. The lowest BCUT2D eigenvalue weighted by atomic mass is 10.1. The lowest BCUT2D eigenvalue weighted by Gasteiger charge is -2.14. The number of hydrogen-bond acceptors (Lipinski definition) is 3. The van der Waals surface area contributed by atoms with Crippen LogP contribution in [0.15, 0.2) is 24.3 Å². The summed E-state index contributed by atoms with van der Waals surface area (Å²) in [5.41, 5.74) is 2.08. The molecule has 118 valence electrons. The van der Waals surface area contributed by atoms with Crippen molar-refractivity contribution in [3.8, 4) is 0 Å². The van der Waals surface area contributed by atoms with Gasteiger partial charge in [-0.2, -0.15) is 0 Å². The molecule has 0 heterocycles. The number of hydrogen-bond donors (Lipinski definition) is 2. The molecule has 0 saturated heterocycles. The number of carbonyl (C=O) groups excluding carboxylic acids is 1. The summed E-state index contributed by atoms with van der Waals surface area (Å²) in [5.74, 6) is 0.0413. The first-order valence-electron chi connectivity index (χ1n) is 7.88. The predicted molar refractivity (Wildman–Crippen MR) is 87.5 cm³/mol. The third-order valence-corrected chi connectivity index (χ3v) is 3.29. The van der Waals surface area contributed by atoms with E-state index >= 15 is 0 Å². The number of nitrogens with one attached hydrogen (secondary N) is 2. The molecule has 0 bridgehead atoms. The van der Waals surface area contributed by atoms with Crippen molar-refractivity contribution in [3.63, 3.8) is 0 Å². The molecule has 1 rings (SSSR count). The highest BCUT2D eigenvalue weighted by molar-refractivity contribution is 5.90. The van der Waals surface area contributed by atoms with Crippen molar-refractivity contribution in [2.45, 2.75) is 46.1 Å². The van der Waals surface area contributed by atoms with Crippen LogP contribution in [-0.2, 0) is 9.53 Å². The fourth-order valence-corrected chi connectivity index (χ4v) is 2.04. The van der Waals surface area contributed by atoms with E-state index in [0.29, 0.717) is 25.7 Å². The van der Waals surface area contributed by atoms with E-state index < -0.39 is 0 Å². The van der Waals surface area contributed by atoms with E-state index in [-0.39, 0.29) is 5.91 Å². The van der Waals surface area contributed by atoms with Gasteiger partial charge in [-0.25, -0.2) is 0 Å². The van der Waals surface area contributed by atoms with Gasteiger partial charge in [0.05, 0.1) is 0 Å². The summed E-state index contributed by atoms with van der Waals surface area (Å²) in [6, 6.07) is 8.37. The zero-order valence-corrected chi connectivity index (χ0v) is 13.4. The van der Waals surface area contributed by atoms with Crippen molar-refractivity contribution >= 4 is 11.6 Å². The molecule has 0 aliphatic heterocycles. The summed E-state index contributed by atoms with van der Waals surface area (Å²) in [6.45, 7) is 8.62. The standard InChI is InChI=1S/C17H28N2O2/c1-4-12-18-14(3)15-8-10-16(11-9-15)19-17(20)7-6-13-21-5-2/h8-11,14,18H,4-7,12-13H2,1-3H3,(H,19,20). The van der Waals surface area contributed by atoms with Crippen molar-refractivity contribution in [2.24, 2.45) is 0 Å². The van der Waals surface area contributed by atoms with Crippen LogP contribution in [0.5, 0.6) is 0 Å². The van der Waals surface area contributed by atoms with Crippen molar-refractivity contribution in [2.75, 3.05) is 25.1 Å². The highest BCUT2D eigenvalue weighted by atomic mass is 16.5. The Bertz CT molecular complexity index is 404. The van der Waals surface area contributed by atoms with Crippen LogP contribution in [0.3, 0.4) is 0 Å². The molecule has 1 amide bonds. The van der Waals surface area contributed by atoms with E-state index in [9.17, 15) is 4.79 Å². The van der Waals surface area contributed by atoms with E-state index in [2.05, 4.69) is 36.6 Å². The van der Waals surface area contributed by atoms with Crippen LogP contribution in [-0.4, -0.2) is 25.7 Å². The topological polar surface area (TPSA) is 50.4 Å². The quantitative estimate of drug-likeness (QED) is 0.649. The second-order valence-electron chi connectivity index (χ2n) is 5.15. The fourth-order valence-electron chi connectivity index (χ4n) is 2.04. The molecule has 2 N–H and O–H groups in total. The summed E-state index contributed by atoms with van der Waals surface area (Å²) in [5, 5.41) is 6.36. The Morgan fingerprint density at radius 3 is 2.57 bits per heavy atom. The van der Waals surface area contributed by atoms with Gasteiger partial charge in [0.2, 0.25) is 5.91 Å². The summed E-state index contributed by atoms with van der Waals surface area (Å²) in [7, 11) is 0. The Balaban J connectivity index is 2.38. The number of amides is 1. The molecule has 21 heavy (non-hydrogen) atoms. The number of anilines is 1. The molecule has 0 fully saturated rings. The first kappa shape index (κ1) is 17.7. The molecule has 0 aliphatic carbocycles. The second kappa shape index (κ2) is 10.4. The zero-order chi connectivity index (χ0) is 15.5. The molecule has 0 saturated carbocycles. The monoisotopic (exact) mass is 292 g/mol. The summed E-state index contributed by atoms with van der Waals surface area (Å²) in [4.78, 5) is 11.8. The highest BCUT2D eigenvalue weighted by Crippen LogP contribution is 2.16. The van der Waals surface area contributed by atoms with Crippen LogP contribution < -0.4 is 10.6 Å². The van der Waals surface area contributed by atoms with E-state index in [1.165, 1.54) is 5.56 Å². The Kier molecular flexibility index (Phi) is 8.71. The Hall–Kier alpha value is -1.39. The fraction of sp³-hybridized carbons (Fsp3) is 0.588. The van der Waals surface area contributed by atoms with Gasteiger partial charge in [0, 0.05) is 31.4 Å². The van der Waals surface area contributed by atoms with Crippen LogP contribution in [0.1, 0.15) is 51.6 Å². The Morgan fingerprint density at radius 1 is 1.24 bits per heavy atom. The SMILES string of the molecule is CCCNC(C)c1ccc(NC(=O)CCCOCC)cc1. The molecule has 1 atom stereocenters. The van der Waals surface area contributed by atoms with Gasteiger partial charge in [-0.3, -0.25) is 4.79 Å². The summed E-state index contributed by atoms with van der Waals surface area (Å²) < 4.78 is 5.22. The van der Waals surface area contributed by atoms with E-state index in [1.807, 2.05) is 19.1 Å². The first-order chi connectivity index (χ1) is 10.2. The smallest absolute Gasteiger partial charge is 0.224 e. The molecule has 0 aromatic heterocycles. The van der Waals surface area contributed by atoms with Crippen LogP contribution in [0.2, 0.25) is 0 Å². The van der Waals surface area contributed by atoms with Gasteiger partial charge in [0.15, 0.2) is 0 Å². The van der Waals surface area contributed by atoms with Gasteiger partial charge in [-0.15, -0.1) is 0 Å². The number of ether oxygens (including phenoxy) is 1. The lowest BCUT2D eigenvalue weighted by molar-refractivity contribution is -0.116. The Labute approximate surface area is 128 Å². The second-order valence-corrected chi connectivity index (χ2v) is 5.15. The van der Waals surface area contributed by atoms with Crippen molar-refractivity contribution < 1.29 is 9.53 Å². The molecule has 0 spiro atoms. The molecule has 0 radical (unpaired) electrons. The molecule has 4 heteroatoms. The minimum atomic E-state index is 0.0413. The average molecular weight is 292 g/mol. The van der Waals surface area contributed by atoms with Crippen LogP contribution >= 0.6 is 0 Å². The molecule has 0 aliphatic rings. The van der Waals surface area contributed by atoms with Crippen LogP contribution in [0.4, 0.5) is 5.69 Å². The number of rotatable bonds is 10. The normalized spacial score (nSPS) is 12.1. The predicted octanol–water partition coefficient (Wildman–Crippen LogP) is 3.50. The van der Waals surface area contributed by atoms with Crippen molar-refractivity contribution in [1.82, 2.24) is 5.32 Å². The van der Waals surface area contributed by atoms with E-state index in [4.69, 9.17) is 4.74 Å². The van der Waals surface area contributed by atoms with Crippen molar-refractivity contribution in [1.29, 1.82) is 0 Å². The molecule has 1 aromatic rings. The van der Waals surface area contributed by atoms with Gasteiger partial charge in [-0.1, -0.05) is 19.1 Å². The number of carbonyl (C=O) groups is 1. The largest absolute Gasteiger partial charge is 0.382 e. The lowest BCUT2D eigenvalue weighted by Crippen LogP contribution is -2.19. The zero-order valence-electron chi connectivity index (χ0n) is 13.4. The van der Waals surface area contributed by atoms with Crippen LogP contribution in [0.25, 0.3) is 0 Å². The van der Waals surface area contributed by atoms with E-state index in [1.54, 1.807) is 0 Å². The molecule has 4 nitrogen and oxygen atoms in total. The van der Waals surface area contributed by atoms with Crippen LogP contribution in [0, 0.1) is 0 Å². The third-order valence-electron chi connectivity index (χ3n) is 3.29. The third kappa shape index (κ3) is 7.25. The van der Waals surface area contributed by atoms with Gasteiger partial charge in [0.25, 0.3) is 0 Å². The molecule has 1 unspecified atom stereocenters. The molecule has 1 aromatic carbocycles. The maximum absolute atomic E-state index is 11.8. The minimum absolute atomic E-state index is 0.0413. The highest BCUT2D eigenvalue weighted by Gasteiger charge is 2.05. The van der Waals surface area contributed by atoms with Crippen molar-refractivity contribution in [3.05, 3.63) is 29.8 Å². The first-order valence-corrected chi connectivity index (χ1v) is 7.88. The molecular weight excluding hydrogens is 264 g/mol. The average Bonchev–Trinajstić information content (AvgIpc) is 2.50. The van der Waals surface area contributed by atoms with Gasteiger partial charge >= 0.3 is 0 Å². The van der Waals surface area contributed by atoms with Gasteiger partial charge < -0.3 is 15.4 Å². The van der Waals surface area contributed by atoms with Gasteiger partial charge in [0.1, 0.15) is 0 Å². The molecular formula is C17H28N2O2. The number of benzene rings is 1. The maximum Gasteiger partial charge on any atom is 0.224 e. The minimum Gasteiger partial charge on any atom is -0.382 e. The maximum atomic E-state index is 11.8. The van der Waals surface area contributed by atoms with E-state index in [0.717, 1.165) is 25.1 Å². The summed E-state index contributed by atoms with van der Waals surface area (Å²) >= 11 is 0.